The largest absolute Gasteiger partial charge is 0.370 e. The highest BCUT2D eigenvalue weighted by Crippen LogP contribution is 2.35. The lowest BCUT2D eigenvalue weighted by Gasteiger charge is -2.29. The van der Waals surface area contributed by atoms with Crippen LogP contribution in [0.3, 0.4) is 0 Å². The van der Waals surface area contributed by atoms with E-state index < -0.39 is 0 Å². The molecular formula is C20H24N6O. The van der Waals surface area contributed by atoms with Crippen LogP contribution in [0.4, 0.5) is 11.5 Å². The molecule has 0 radical (unpaired) electrons. The summed E-state index contributed by atoms with van der Waals surface area (Å²) < 4.78 is 1.90. The van der Waals surface area contributed by atoms with Crippen LogP contribution in [0.2, 0.25) is 0 Å². The van der Waals surface area contributed by atoms with Gasteiger partial charge in [0.1, 0.15) is 12.1 Å². The van der Waals surface area contributed by atoms with Gasteiger partial charge in [0.15, 0.2) is 0 Å². The molecule has 1 saturated carbocycles. The number of nitrogens with zero attached hydrogens (tertiary/aromatic N) is 4. The fourth-order valence-electron chi connectivity index (χ4n) is 4.03. The van der Waals surface area contributed by atoms with Crippen molar-refractivity contribution in [3.05, 3.63) is 43.0 Å². The van der Waals surface area contributed by atoms with E-state index in [0.717, 1.165) is 35.2 Å². The summed E-state index contributed by atoms with van der Waals surface area (Å²) in [6.45, 7) is 0. The second-order valence-electron chi connectivity index (χ2n) is 7.21. The molecule has 7 nitrogen and oxygen atoms in total. The van der Waals surface area contributed by atoms with Gasteiger partial charge in [-0.05, 0) is 30.9 Å². The highest BCUT2D eigenvalue weighted by atomic mass is 16.1. The SMILES string of the molecule is NC(=O)CC(C1CCCCC1)n1cc(Nc2ncnc3ccccc23)cn1. The highest BCUT2D eigenvalue weighted by molar-refractivity contribution is 5.90. The van der Waals surface area contributed by atoms with E-state index in [1.54, 1.807) is 12.5 Å². The predicted molar refractivity (Wildman–Crippen MR) is 104 cm³/mol. The summed E-state index contributed by atoms with van der Waals surface area (Å²) >= 11 is 0. The number of fused-ring (bicyclic) bond motifs is 1. The third kappa shape index (κ3) is 3.92. The number of hydrogen-bond donors (Lipinski definition) is 2. The second-order valence-corrected chi connectivity index (χ2v) is 7.21. The molecule has 0 bridgehead atoms. The zero-order valence-electron chi connectivity index (χ0n) is 15.2. The number of hydrogen-bond acceptors (Lipinski definition) is 5. The molecule has 1 unspecified atom stereocenters. The molecular weight excluding hydrogens is 340 g/mol. The number of anilines is 2. The summed E-state index contributed by atoms with van der Waals surface area (Å²) in [5.74, 6) is 0.903. The van der Waals surface area contributed by atoms with Gasteiger partial charge in [-0.2, -0.15) is 5.10 Å². The molecule has 2 heterocycles. The molecule has 3 N–H and O–H groups in total. The molecule has 7 heteroatoms. The van der Waals surface area contributed by atoms with E-state index in [9.17, 15) is 4.79 Å². The average Bonchev–Trinajstić information content (AvgIpc) is 3.15. The Hall–Kier alpha value is -2.96. The van der Waals surface area contributed by atoms with E-state index in [0.29, 0.717) is 12.3 Å². The Kier molecular flexibility index (Phi) is 5.00. The van der Waals surface area contributed by atoms with E-state index >= 15 is 0 Å². The number of aromatic nitrogens is 4. The van der Waals surface area contributed by atoms with Crippen LogP contribution in [-0.4, -0.2) is 25.7 Å². The van der Waals surface area contributed by atoms with Gasteiger partial charge in [-0.1, -0.05) is 31.4 Å². The van der Waals surface area contributed by atoms with Crippen LogP contribution >= 0.6 is 0 Å². The average molecular weight is 364 g/mol. The van der Waals surface area contributed by atoms with E-state index in [1.165, 1.54) is 19.3 Å². The lowest BCUT2D eigenvalue weighted by molar-refractivity contribution is -0.119. The normalized spacial score (nSPS) is 16.3. The van der Waals surface area contributed by atoms with Crippen molar-refractivity contribution in [2.75, 3.05) is 5.32 Å². The molecule has 0 saturated heterocycles. The van der Waals surface area contributed by atoms with Gasteiger partial charge < -0.3 is 11.1 Å². The molecule has 2 aromatic heterocycles. The molecule has 1 aliphatic carbocycles. The van der Waals surface area contributed by atoms with Gasteiger partial charge in [0.05, 0.1) is 23.4 Å². The van der Waals surface area contributed by atoms with Crippen molar-refractivity contribution in [2.24, 2.45) is 11.7 Å². The lowest BCUT2D eigenvalue weighted by Crippen LogP contribution is -2.27. The molecule has 140 valence electrons. The fraction of sp³-hybridized carbons (Fsp3) is 0.400. The highest BCUT2D eigenvalue weighted by Gasteiger charge is 2.27. The minimum Gasteiger partial charge on any atom is -0.370 e. The number of nitrogens with two attached hydrogens (primary N) is 1. The fourth-order valence-corrected chi connectivity index (χ4v) is 4.03. The number of benzene rings is 1. The lowest BCUT2D eigenvalue weighted by atomic mass is 9.82. The maximum Gasteiger partial charge on any atom is 0.219 e. The van der Waals surface area contributed by atoms with E-state index in [2.05, 4.69) is 20.4 Å². The molecule has 1 fully saturated rings. The van der Waals surface area contributed by atoms with E-state index in [-0.39, 0.29) is 11.9 Å². The van der Waals surface area contributed by atoms with Crippen molar-refractivity contribution in [2.45, 2.75) is 44.6 Å². The summed E-state index contributed by atoms with van der Waals surface area (Å²) in [7, 11) is 0. The van der Waals surface area contributed by atoms with Crippen molar-refractivity contribution in [1.82, 2.24) is 19.7 Å². The topological polar surface area (TPSA) is 98.7 Å². The summed E-state index contributed by atoms with van der Waals surface area (Å²) in [5, 5.41) is 8.80. The first-order chi connectivity index (χ1) is 13.2. The zero-order valence-corrected chi connectivity index (χ0v) is 15.2. The van der Waals surface area contributed by atoms with Crippen LogP contribution in [0.25, 0.3) is 10.9 Å². The quantitative estimate of drug-likeness (QED) is 0.697. The zero-order chi connectivity index (χ0) is 18.6. The first-order valence-electron chi connectivity index (χ1n) is 9.50. The maximum absolute atomic E-state index is 11.6. The smallest absolute Gasteiger partial charge is 0.219 e. The van der Waals surface area contributed by atoms with Crippen LogP contribution in [0.15, 0.2) is 43.0 Å². The second kappa shape index (κ2) is 7.73. The van der Waals surface area contributed by atoms with Crippen LogP contribution in [0, 0.1) is 5.92 Å². The van der Waals surface area contributed by atoms with Gasteiger partial charge in [0.25, 0.3) is 0 Å². The van der Waals surface area contributed by atoms with Gasteiger partial charge >= 0.3 is 0 Å². The third-order valence-corrected chi connectivity index (χ3v) is 5.35. The summed E-state index contributed by atoms with van der Waals surface area (Å²) in [4.78, 5) is 20.3. The first-order valence-corrected chi connectivity index (χ1v) is 9.50. The Morgan fingerprint density at radius 1 is 1.22 bits per heavy atom. The Bertz CT molecular complexity index is 926. The number of rotatable bonds is 6. The Morgan fingerprint density at radius 3 is 2.85 bits per heavy atom. The number of para-hydroxylation sites is 1. The van der Waals surface area contributed by atoms with Crippen molar-refractivity contribution in [1.29, 1.82) is 0 Å². The van der Waals surface area contributed by atoms with E-state index in [1.807, 2.05) is 35.1 Å². The van der Waals surface area contributed by atoms with Crippen molar-refractivity contribution >= 4 is 28.3 Å². The van der Waals surface area contributed by atoms with Crippen LogP contribution in [0.5, 0.6) is 0 Å². The number of carbonyl (C=O) groups is 1. The van der Waals surface area contributed by atoms with Crippen molar-refractivity contribution in [3.8, 4) is 0 Å². The number of carbonyl (C=O) groups excluding carboxylic acids is 1. The maximum atomic E-state index is 11.6. The van der Waals surface area contributed by atoms with Gasteiger partial charge in [-0.15, -0.1) is 0 Å². The van der Waals surface area contributed by atoms with Crippen molar-refractivity contribution in [3.63, 3.8) is 0 Å². The summed E-state index contributed by atoms with van der Waals surface area (Å²) in [6, 6.07) is 7.88. The number of amides is 1. The van der Waals surface area contributed by atoms with Gasteiger partial charge in [-0.25, -0.2) is 9.97 Å². The van der Waals surface area contributed by atoms with Crippen LogP contribution < -0.4 is 11.1 Å². The van der Waals surface area contributed by atoms with Gasteiger partial charge in [-0.3, -0.25) is 9.48 Å². The number of nitrogens with one attached hydrogen (secondary N) is 1. The van der Waals surface area contributed by atoms with Gasteiger partial charge in [0.2, 0.25) is 5.91 Å². The third-order valence-electron chi connectivity index (χ3n) is 5.35. The molecule has 0 spiro atoms. The Morgan fingerprint density at radius 2 is 2.04 bits per heavy atom. The first kappa shape index (κ1) is 17.5. The monoisotopic (exact) mass is 364 g/mol. The molecule has 1 amide bonds. The molecule has 27 heavy (non-hydrogen) atoms. The molecule has 3 aromatic rings. The van der Waals surface area contributed by atoms with E-state index in [4.69, 9.17) is 5.73 Å². The minimum atomic E-state index is -0.280. The van der Waals surface area contributed by atoms with Crippen molar-refractivity contribution < 1.29 is 4.79 Å². The Labute approximate surface area is 158 Å². The Balaban J connectivity index is 1.58. The molecule has 1 atom stereocenters. The molecule has 1 aromatic carbocycles. The minimum absolute atomic E-state index is 0.0143. The summed E-state index contributed by atoms with van der Waals surface area (Å²) in [5.41, 5.74) is 7.24. The molecule has 4 rings (SSSR count). The molecule has 1 aliphatic rings. The molecule has 0 aliphatic heterocycles. The standard InChI is InChI=1S/C20H24N6O/c21-19(27)10-18(14-6-2-1-3-7-14)26-12-15(11-24-26)25-20-16-8-4-5-9-17(16)22-13-23-20/h4-5,8-9,11-14,18H,1-3,6-7,10H2,(H2,21,27)(H,22,23,25). The number of primary amides is 1. The van der Waals surface area contributed by atoms with Crippen LogP contribution in [-0.2, 0) is 4.79 Å². The predicted octanol–water partition coefficient (Wildman–Crippen LogP) is 3.57. The van der Waals surface area contributed by atoms with Gasteiger partial charge in [0, 0.05) is 18.0 Å². The van der Waals surface area contributed by atoms with Crippen LogP contribution in [0.1, 0.15) is 44.6 Å². The summed E-state index contributed by atoms with van der Waals surface area (Å²) in [6.07, 6.45) is 11.5.